The predicted octanol–water partition coefficient (Wildman–Crippen LogP) is 2.77. The number of carbonyl (C=O) groups is 1. The van der Waals surface area contributed by atoms with E-state index in [0.717, 1.165) is 12.8 Å². The van der Waals surface area contributed by atoms with Crippen molar-refractivity contribution in [2.75, 3.05) is 0 Å². The lowest BCUT2D eigenvalue weighted by molar-refractivity contribution is -0.144. The highest BCUT2D eigenvalue weighted by Gasteiger charge is 2.47. The van der Waals surface area contributed by atoms with Crippen LogP contribution in [0, 0.1) is 11.8 Å². The van der Waals surface area contributed by atoms with E-state index in [1.807, 2.05) is 0 Å². The second kappa shape index (κ2) is 3.62. The zero-order valence-corrected chi connectivity index (χ0v) is 9.32. The van der Waals surface area contributed by atoms with Crippen molar-refractivity contribution in [3.05, 3.63) is 36.0 Å². The summed E-state index contributed by atoms with van der Waals surface area (Å²) in [7, 11) is 0. The first-order chi connectivity index (χ1) is 7.79. The van der Waals surface area contributed by atoms with Crippen molar-refractivity contribution in [1.82, 2.24) is 0 Å². The molecule has 0 amide bonds. The van der Waals surface area contributed by atoms with Crippen molar-refractivity contribution in [3.63, 3.8) is 0 Å². The Balaban J connectivity index is 1.80. The van der Waals surface area contributed by atoms with Gasteiger partial charge in [-0.25, -0.2) is 4.79 Å². The van der Waals surface area contributed by atoms with E-state index in [-0.39, 0.29) is 12.1 Å². The Morgan fingerprint density at radius 3 is 2.81 bits per heavy atom. The summed E-state index contributed by atoms with van der Waals surface area (Å²) in [4.78, 5) is 11.2. The summed E-state index contributed by atoms with van der Waals surface area (Å²) < 4.78 is 5.42. The van der Waals surface area contributed by atoms with Crippen molar-refractivity contribution in [3.8, 4) is 0 Å². The zero-order valence-electron chi connectivity index (χ0n) is 9.32. The van der Waals surface area contributed by atoms with Gasteiger partial charge in [-0.2, -0.15) is 0 Å². The number of hydrogen-bond donors (Lipinski definition) is 0. The monoisotopic (exact) mass is 216 g/mol. The fourth-order valence-corrected chi connectivity index (χ4v) is 3.39. The van der Waals surface area contributed by atoms with Gasteiger partial charge in [0.25, 0.3) is 0 Å². The van der Waals surface area contributed by atoms with Crippen LogP contribution < -0.4 is 0 Å². The third-order valence-electron chi connectivity index (χ3n) is 4.01. The van der Waals surface area contributed by atoms with Crippen molar-refractivity contribution in [2.45, 2.75) is 31.8 Å². The Hall–Kier alpha value is -1.31. The standard InChI is InChI=1S/C14H16O2/c1-2-14(15)16-13-8-9-7-12(13)11-6-4-3-5-10(9)11/h2,5-6,9,12-13H,1,3-4,7-8H2. The molecule has 0 aliphatic heterocycles. The minimum absolute atomic E-state index is 0.0944. The van der Waals surface area contributed by atoms with E-state index < -0.39 is 0 Å². The molecule has 0 aromatic rings. The van der Waals surface area contributed by atoms with Crippen molar-refractivity contribution < 1.29 is 9.53 Å². The lowest BCUT2D eigenvalue weighted by Gasteiger charge is -2.27. The molecule has 3 unspecified atom stereocenters. The molecule has 3 aliphatic rings. The highest BCUT2D eigenvalue weighted by Crippen LogP contribution is 2.54. The molecule has 0 N–H and O–H groups in total. The average molecular weight is 216 g/mol. The molecule has 0 spiro atoms. The first kappa shape index (κ1) is 9.88. The van der Waals surface area contributed by atoms with E-state index in [1.54, 1.807) is 5.57 Å². The van der Waals surface area contributed by atoms with Gasteiger partial charge < -0.3 is 4.74 Å². The third-order valence-corrected chi connectivity index (χ3v) is 4.01. The van der Waals surface area contributed by atoms with Crippen LogP contribution in [0.1, 0.15) is 25.7 Å². The summed E-state index contributed by atoms with van der Waals surface area (Å²) in [5.74, 6) is 0.819. The quantitative estimate of drug-likeness (QED) is 0.524. The molecule has 2 nitrogen and oxygen atoms in total. The second-order valence-electron chi connectivity index (χ2n) is 4.85. The van der Waals surface area contributed by atoms with Gasteiger partial charge in [-0.1, -0.05) is 18.7 Å². The maximum absolute atomic E-state index is 11.2. The van der Waals surface area contributed by atoms with Gasteiger partial charge in [0, 0.05) is 12.0 Å². The normalized spacial score (nSPS) is 35.1. The molecule has 2 fully saturated rings. The van der Waals surface area contributed by atoms with E-state index in [1.165, 1.54) is 24.5 Å². The summed E-state index contributed by atoms with van der Waals surface area (Å²) in [5.41, 5.74) is 3.01. The second-order valence-corrected chi connectivity index (χ2v) is 4.85. The zero-order chi connectivity index (χ0) is 11.1. The van der Waals surface area contributed by atoms with E-state index >= 15 is 0 Å². The number of carbonyl (C=O) groups excluding carboxylic acids is 1. The summed E-state index contributed by atoms with van der Waals surface area (Å²) in [6, 6.07) is 0. The van der Waals surface area contributed by atoms with Crippen LogP contribution in [0.4, 0.5) is 0 Å². The molecule has 0 radical (unpaired) electrons. The Kier molecular flexibility index (Phi) is 2.23. The lowest BCUT2D eigenvalue weighted by atomic mass is 9.84. The number of allylic oxidation sites excluding steroid dienone is 3. The summed E-state index contributed by atoms with van der Waals surface area (Å²) in [5, 5.41) is 0. The van der Waals surface area contributed by atoms with Crippen molar-refractivity contribution in [1.29, 1.82) is 0 Å². The van der Waals surface area contributed by atoms with Crippen LogP contribution in [0.3, 0.4) is 0 Å². The fraction of sp³-hybridized carbons (Fsp3) is 0.500. The highest BCUT2D eigenvalue weighted by atomic mass is 16.5. The fourth-order valence-electron chi connectivity index (χ4n) is 3.39. The highest BCUT2D eigenvalue weighted by molar-refractivity contribution is 5.81. The Bertz CT molecular complexity index is 403. The molecule has 2 saturated carbocycles. The molecular formula is C14H16O2. The summed E-state index contributed by atoms with van der Waals surface area (Å²) >= 11 is 0. The number of hydrogen-bond acceptors (Lipinski definition) is 2. The number of ether oxygens (including phenoxy) is 1. The van der Waals surface area contributed by atoms with Crippen LogP contribution in [0.15, 0.2) is 36.0 Å². The molecule has 0 saturated heterocycles. The third kappa shape index (κ3) is 1.36. The van der Waals surface area contributed by atoms with E-state index in [9.17, 15) is 4.79 Å². The minimum atomic E-state index is -0.278. The Morgan fingerprint density at radius 1 is 1.31 bits per heavy atom. The van der Waals surface area contributed by atoms with E-state index in [4.69, 9.17) is 4.74 Å². The SMILES string of the molecule is C=CC(=O)OC1CC2CC1C1=CCCC=C12. The maximum atomic E-state index is 11.2. The van der Waals surface area contributed by atoms with Crippen LogP contribution in [0.25, 0.3) is 0 Å². The molecular weight excluding hydrogens is 200 g/mol. The molecule has 16 heavy (non-hydrogen) atoms. The van der Waals surface area contributed by atoms with Gasteiger partial charge in [0.1, 0.15) is 6.10 Å². The topological polar surface area (TPSA) is 26.3 Å². The van der Waals surface area contributed by atoms with Crippen LogP contribution in [0.5, 0.6) is 0 Å². The number of esters is 1. The average Bonchev–Trinajstić information content (AvgIpc) is 2.87. The molecule has 0 aromatic carbocycles. The van der Waals surface area contributed by atoms with Gasteiger partial charge in [-0.3, -0.25) is 0 Å². The Morgan fingerprint density at radius 2 is 2.06 bits per heavy atom. The predicted molar refractivity (Wildman–Crippen MR) is 61.7 cm³/mol. The molecule has 2 bridgehead atoms. The first-order valence-electron chi connectivity index (χ1n) is 6.03. The molecule has 3 aliphatic carbocycles. The van der Waals surface area contributed by atoms with Gasteiger partial charge in [0.2, 0.25) is 0 Å². The van der Waals surface area contributed by atoms with Gasteiger partial charge in [-0.05, 0) is 42.7 Å². The van der Waals surface area contributed by atoms with E-state index in [2.05, 4.69) is 18.7 Å². The summed E-state index contributed by atoms with van der Waals surface area (Å²) in [6.45, 7) is 3.45. The van der Waals surface area contributed by atoms with E-state index in [0.29, 0.717) is 11.8 Å². The van der Waals surface area contributed by atoms with Crippen LogP contribution in [-0.4, -0.2) is 12.1 Å². The molecule has 0 heterocycles. The van der Waals surface area contributed by atoms with Gasteiger partial charge in [0.05, 0.1) is 0 Å². The first-order valence-corrected chi connectivity index (χ1v) is 6.03. The molecule has 3 atom stereocenters. The van der Waals surface area contributed by atoms with Gasteiger partial charge in [0.15, 0.2) is 0 Å². The molecule has 84 valence electrons. The van der Waals surface area contributed by atoms with Crippen LogP contribution in [0.2, 0.25) is 0 Å². The minimum Gasteiger partial charge on any atom is -0.459 e. The van der Waals surface area contributed by atoms with Crippen molar-refractivity contribution in [2.24, 2.45) is 11.8 Å². The summed E-state index contributed by atoms with van der Waals surface area (Å²) in [6.07, 6.45) is 10.6. The largest absolute Gasteiger partial charge is 0.459 e. The van der Waals surface area contributed by atoms with Gasteiger partial charge in [-0.15, -0.1) is 0 Å². The van der Waals surface area contributed by atoms with Crippen molar-refractivity contribution >= 4 is 5.97 Å². The molecule has 0 aromatic heterocycles. The van der Waals surface area contributed by atoms with Crippen LogP contribution >= 0.6 is 0 Å². The molecule has 3 rings (SSSR count). The Labute approximate surface area is 95.7 Å². The smallest absolute Gasteiger partial charge is 0.330 e. The lowest BCUT2D eigenvalue weighted by Crippen LogP contribution is -2.26. The molecule has 2 heteroatoms. The van der Waals surface area contributed by atoms with Crippen LogP contribution in [-0.2, 0) is 9.53 Å². The number of fused-ring (bicyclic) bond motifs is 5. The number of rotatable bonds is 2. The van der Waals surface area contributed by atoms with Gasteiger partial charge >= 0.3 is 5.97 Å². The maximum Gasteiger partial charge on any atom is 0.330 e.